The van der Waals surface area contributed by atoms with Crippen molar-refractivity contribution in [2.45, 2.75) is 26.0 Å². The van der Waals surface area contributed by atoms with Gasteiger partial charge in [-0.1, -0.05) is 43.3 Å². The first-order valence-electron chi connectivity index (χ1n) is 6.71. The van der Waals surface area contributed by atoms with Crippen molar-refractivity contribution in [2.75, 3.05) is 0 Å². The predicted octanol–water partition coefficient (Wildman–Crippen LogP) is 3.55. The first-order valence-corrected chi connectivity index (χ1v) is 6.71. The van der Waals surface area contributed by atoms with E-state index < -0.39 is 0 Å². The Labute approximate surface area is 119 Å². The number of hydrogen-bond acceptors (Lipinski definition) is 3. The largest absolute Gasteiger partial charge is 0.489 e. The Bertz CT molecular complexity index is 616. The number of nitriles is 1. The highest BCUT2D eigenvalue weighted by Gasteiger charge is 2.10. The molecule has 2 rings (SSSR count). The Balaban J connectivity index is 2.17. The number of nitrogens with zero attached hydrogens (tertiary/aromatic N) is 1. The van der Waals surface area contributed by atoms with Crippen molar-refractivity contribution in [3.63, 3.8) is 0 Å². The number of nitrogens with two attached hydrogens (primary N) is 1. The third kappa shape index (κ3) is 3.17. The maximum atomic E-state index is 9.07. The number of rotatable bonds is 5. The highest BCUT2D eigenvalue weighted by atomic mass is 16.5. The maximum absolute atomic E-state index is 9.07. The summed E-state index contributed by atoms with van der Waals surface area (Å²) in [7, 11) is 0. The topological polar surface area (TPSA) is 59.0 Å². The van der Waals surface area contributed by atoms with Crippen LogP contribution in [-0.2, 0) is 6.61 Å². The second kappa shape index (κ2) is 6.74. The summed E-state index contributed by atoms with van der Waals surface area (Å²) in [4.78, 5) is 0. The summed E-state index contributed by atoms with van der Waals surface area (Å²) in [6.07, 6.45) is 0.856. The number of benzene rings is 2. The van der Waals surface area contributed by atoms with E-state index in [4.69, 9.17) is 15.7 Å². The normalized spacial score (nSPS) is 11.7. The van der Waals surface area contributed by atoms with Crippen LogP contribution in [0, 0.1) is 11.3 Å². The summed E-state index contributed by atoms with van der Waals surface area (Å²) < 4.78 is 5.86. The van der Waals surface area contributed by atoms with E-state index >= 15 is 0 Å². The van der Waals surface area contributed by atoms with Crippen LogP contribution < -0.4 is 10.5 Å². The molecule has 3 heteroatoms. The third-order valence-corrected chi connectivity index (χ3v) is 3.28. The lowest BCUT2D eigenvalue weighted by molar-refractivity contribution is 0.300. The fraction of sp³-hybridized carbons (Fsp3) is 0.235. The van der Waals surface area contributed by atoms with Crippen molar-refractivity contribution in [3.8, 4) is 11.8 Å². The van der Waals surface area contributed by atoms with Gasteiger partial charge in [0.2, 0.25) is 0 Å². The van der Waals surface area contributed by atoms with Gasteiger partial charge in [-0.3, -0.25) is 0 Å². The molecule has 0 spiro atoms. The van der Waals surface area contributed by atoms with E-state index in [0.29, 0.717) is 12.2 Å². The monoisotopic (exact) mass is 266 g/mol. The van der Waals surface area contributed by atoms with Gasteiger partial charge < -0.3 is 10.5 Å². The minimum Gasteiger partial charge on any atom is -0.489 e. The summed E-state index contributed by atoms with van der Waals surface area (Å²) >= 11 is 0. The fourth-order valence-electron chi connectivity index (χ4n) is 2.05. The minimum atomic E-state index is -0.0302. The van der Waals surface area contributed by atoms with Crippen molar-refractivity contribution in [1.29, 1.82) is 5.26 Å². The Morgan fingerprint density at radius 2 is 1.85 bits per heavy atom. The number of ether oxygens (including phenoxy) is 1. The second-order valence-corrected chi connectivity index (χ2v) is 4.61. The van der Waals surface area contributed by atoms with Crippen molar-refractivity contribution < 1.29 is 4.74 Å². The smallest absolute Gasteiger partial charge is 0.124 e. The van der Waals surface area contributed by atoms with E-state index in [1.807, 2.05) is 49.4 Å². The van der Waals surface area contributed by atoms with Crippen LogP contribution in [0.4, 0.5) is 0 Å². The van der Waals surface area contributed by atoms with Crippen molar-refractivity contribution in [1.82, 2.24) is 0 Å². The Morgan fingerprint density at radius 3 is 2.60 bits per heavy atom. The number of hydrogen-bond donors (Lipinski definition) is 1. The molecule has 0 saturated heterocycles. The van der Waals surface area contributed by atoms with E-state index in [2.05, 4.69) is 6.07 Å². The third-order valence-electron chi connectivity index (χ3n) is 3.28. The van der Waals surface area contributed by atoms with Gasteiger partial charge in [-0.25, -0.2) is 0 Å². The van der Waals surface area contributed by atoms with Crippen LogP contribution in [0.1, 0.15) is 36.1 Å². The first-order chi connectivity index (χ1) is 9.76. The van der Waals surface area contributed by atoms with Crippen LogP contribution in [0.15, 0.2) is 48.5 Å². The van der Waals surface area contributed by atoms with Gasteiger partial charge in [0, 0.05) is 17.2 Å². The molecule has 0 heterocycles. The summed E-state index contributed by atoms with van der Waals surface area (Å²) in [5.41, 5.74) is 8.62. The minimum absolute atomic E-state index is 0.0302. The molecule has 0 aliphatic carbocycles. The average Bonchev–Trinajstić information content (AvgIpc) is 2.52. The molecule has 0 saturated carbocycles. The van der Waals surface area contributed by atoms with Gasteiger partial charge in [-0.2, -0.15) is 5.26 Å². The van der Waals surface area contributed by atoms with E-state index in [-0.39, 0.29) is 6.04 Å². The highest BCUT2D eigenvalue weighted by Crippen LogP contribution is 2.26. The van der Waals surface area contributed by atoms with Crippen molar-refractivity contribution in [3.05, 3.63) is 65.2 Å². The molecule has 2 aromatic carbocycles. The summed E-state index contributed by atoms with van der Waals surface area (Å²) in [5, 5.41) is 9.07. The molecule has 1 atom stereocenters. The van der Waals surface area contributed by atoms with Crippen LogP contribution in [0.2, 0.25) is 0 Å². The summed E-state index contributed by atoms with van der Waals surface area (Å²) in [5.74, 6) is 0.787. The Kier molecular flexibility index (Phi) is 4.75. The molecule has 3 nitrogen and oxygen atoms in total. The molecule has 0 aliphatic heterocycles. The van der Waals surface area contributed by atoms with Gasteiger partial charge >= 0.3 is 0 Å². The van der Waals surface area contributed by atoms with Crippen LogP contribution in [0.5, 0.6) is 5.75 Å². The summed E-state index contributed by atoms with van der Waals surface area (Å²) in [6.45, 7) is 2.42. The quantitative estimate of drug-likeness (QED) is 0.900. The van der Waals surface area contributed by atoms with Gasteiger partial charge in [-0.15, -0.1) is 0 Å². The molecule has 102 valence electrons. The predicted molar refractivity (Wildman–Crippen MR) is 79.2 cm³/mol. The molecule has 0 amide bonds. The standard InChI is InChI=1S/C17H18N2O/c1-2-16(19)15-9-5-6-10-17(15)20-12-14-8-4-3-7-13(14)11-18/h3-10,16H,2,12,19H2,1H3/t16-/m0/s1. The van der Waals surface area contributed by atoms with Crippen molar-refractivity contribution in [2.24, 2.45) is 5.73 Å². The lowest BCUT2D eigenvalue weighted by Gasteiger charge is -2.16. The average molecular weight is 266 g/mol. The molecule has 2 N–H and O–H groups in total. The number of para-hydroxylation sites is 1. The molecular formula is C17H18N2O. The molecular weight excluding hydrogens is 248 g/mol. The lowest BCUT2D eigenvalue weighted by Crippen LogP contribution is -2.11. The Morgan fingerprint density at radius 1 is 1.15 bits per heavy atom. The zero-order valence-electron chi connectivity index (χ0n) is 11.5. The molecule has 0 fully saturated rings. The van der Waals surface area contributed by atoms with Crippen LogP contribution in [0.25, 0.3) is 0 Å². The van der Waals surface area contributed by atoms with Gasteiger partial charge in [0.15, 0.2) is 0 Å². The van der Waals surface area contributed by atoms with Crippen molar-refractivity contribution >= 4 is 0 Å². The molecule has 0 radical (unpaired) electrons. The zero-order valence-corrected chi connectivity index (χ0v) is 11.5. The van der Waals surface area contributed by atoms with Gasteiger partial charge in [0.1, 0.15) is 12.4 Å². The van der Waals surface area contributed by atoms with Crippen LogP contribution in [-0.4, -0.2) is 0 Å². The van der Waals surface area contributed by atoms with Gasteiger partial charge in [-0.05, 0) is 18.6 Å². The second-order valence-electron chi connectivity index (χ2n) is 4.61. The SMILES string of the molecule is CC[C@H](N)c1ccccc1OCc1ccccc1C#N. The van der Waals surface area contributed by atoms with E-state index in [0.717, 1.165) is 23.3 Å². The molecule has 0 aromatic heterocycles. The van der Waals surface area contributed by atoms with Gasteiger partial charge in [0.25, 0.3) is 0 Å². The fourth-order valence-corrected chi connectivity index (χ4v) is 2.05. The lowest BCUT2D eigenvalue weighted by atomic mass is 10.0. The van der Waals surface area contributed by atoms with E-state index in [9.17, 15) is 0 Å². The molecule has 0 bridgehead atoms. The van der Waals surface area contributed by atoms with Crippen LogP contribution in [0.3, 0.4) is 0 Å². The van der Waals surface area contributed by atoms with Gasteiger partial charge in [0.05, 0.1) is 11.6 Å². The molecule has 2 aromatic rings. The Hall–Kier alpha value is -2.31. The zero-order chi connectivity index (χ0) is 14.4. The highest BCUT2D eigenvalue weighted by molar-refractivity contribution is 5.39. The van der Waals surface area contributed by atoms with E-state index in [1.165, 1.54) is 0 Å². The summed E-state index contributed by atoms with van der Waals surface area (Å²) in [6, 6.07) is 17.4. The van der Waals surface area contributed by atoms with Crippen LogP contribution >= 0.6 is 0 Å². The maximum Gasteiger partial charge on any atom is 0.124 e. The molecule has 0 aliphatic rings. The molecule has 0 unspecified atom stereocenters. The van der Waals surface area contributed by atoms with E-state index in [1.54, 1.807) is 6.07 Å². The first kappa shape index (κ1) is 14.1. The molecule has 20 heavy (non-hydrogen) atoms.